The Morgan fingerprint density at radius 2 is 0.823 bits per heavy atom. The van der Waals surface area contributed by atoms with Gasteiger partial charge < -0.3 is 14.0 Å². The lowest BCUT2D eigenvalue weighted by atomic mass is 9.81. The van der Waals surface area contributed by atoms with Gasteiger partial charge in [-0.05, 0) is 112 Å². The van der Waals surface area contributed by atoms with Crippen LogP contribution in [0.4, 0.5) is 17.1 Å². The molecule has 3 nitrogen and oxygen atoms in total. The number of aromatic nitrogens is 2. The molecule has 0 bridgehead atoms. The fourth-order valence-corrected chi connectivity index (χ4v) is 10.2. The summed E-state index contributed by atoms with van der Waals surface area (Å²) in [6.07, 6.45) is 0. The number of hydrogen-bond acceptors (Lipinski definition) is 1. The number of nitrogens with zero attached hydrogens (tertiary/aromatic N) is 3. The summed E-state index contributed by atoms with van der Waals surface area (Å²) in [5, 5.41) is 3.82. The average molecular weight is 794 g/mol. The highest BCUT2D eigenvalue weighted by Gasteiger charge is 2.40. The highest BCUT2D eigenvalue weighted by atomic mass is 15.1. The largest absolute Gasteiger partial charge is 0.311 e. The minimum atomic E-state index is -0.151. The molecule has 0 saturated carbocycles. The Morgan fingerprint density at radius 3 is 1.44 bits per heavy atom. The Kier molecular flexibility index (Phi) is 8.20. The highest BCUT2D eigenvalue weighted by Crippen LogP contribution is 2.54. The molecule has 0 unspecified atom stereocenters. The van der Waals surface area contributed by atoms with Crippen LogP contribution >= 0.6 is 0 Å². The third-order valence-corrected chi connectivity index (χ3v) is 13.1. The second kappa shape index (κ2) is 14.1. The summed E-state index contributed by atoms with van der Waals surface area (Å²) in [7, 11) is 0. The molecule has 0 amide bonds. The van der Waals surface area contributed by atoms with Gasteiger partial charge in [-0.3, -0.25) is 0 Å². The molecule has 2 aromatic heterocycles. The molecule has 62 heavy (non-hydrogen) atoms. The van der Waals surface area contributed by atoms with Gasteiger partial charge in [-0.2, -0.15) is 0 Å². The molecule has 294 valence electrons. The third-order valence-electron chi connectivity index (χ3n) is 13.1. The molecular formula is C59H43N3. The zero-order valence-electron chi connectivity index (χ0n) is 34.7. The van der Waals surface area contributed by atoms with Crippen molar-refractivity contribution in [3.63, 3.8) is 0 Å². The molecule has 2 heterocycles. The van der Waals surface area contributed by atoms with Crippen molar-refractivity contribution in [3.05, 3.63) is 236 Å². The SMILES string of the molecule is CC1(C)c2ccccc2-c2c1c1cc3c4ccccc4n(-c4ccc(N(c5ccc(-c6ccccc6)cc5)c5ccc(-c6ccccc6)cc5)cc4)c3cc1n2-c1ccccc1. The van der Waals surface area contributed by atoms with Crippen LogP contribution in [0.3, 0.4) is 0 Å². The maximum atomic E-state index is 2.51. The van der Waals surface area contributed by atoms with Gasteiger partial charge in [-0.25, -0.2) is 0 Å². The number of anilines is 3. The van der Waals surface area contributed by atoms with E-state index in [9.17, 15) is 0 Å². The van der Waals surface area contributed by atoms with Gasteiger partial charge in [0.05, 0.1) is 22.2 Å². The van der Waals surface area contributed by atoms with E-state index >= 15 is 0 Å². The fourth-order valence-electron chi connectivity index (χ4n) is 10.2. The number of benzene rings is 9. The molecule has 11 aromatic rings. The normalized spacial score (nSPS) is 12.8. The van der Waals surface area contributed by atoms with E-state index in [1.165, 1.54) is 83.0 Å². The number of hydrogen-bond donors (Lipinski definition) is 0. The summed E-state index contributed by atoms with van der Waals surface area (Å²) < 4.78 is 4.96. The van der Waals surface area contributed by atoms with E-state index in [1.54, 1.807) is 0 Å². The molecule has 12 rings (SSSR count). The van der Waals surface area contributed by atoms with E-state index in [0.717, 1.165) is 22.7 Å². The quantitative estimate of drug-likeness (QED) is 0.157. The third kappa shape index (κ3) is 5.59. The number of rotatable bonds is 7. The fraction of sp³-hybridized carbons (Fsp3) is 0.0508. The summed E-state index contributed by atoms with van der Waals surface area (Å²) in [5.41, 5.74) is 19.2. The first kappa shape index (κ1) is 36.0. The smallest absolute Gasteiger partial charge is 0.0585 e. The van der Waals surface area contributed by atoms with Crippen LogP contribution in [0.25, 0.3) is 77.6 Å². The molecule has 0 radical (unpaired) electrons. The minimum Gasteiger partial charge on any atom is -0.311 e. The zero-order chi connectivity index (χ0) is 41.4. The molecule has 9 aromatic carbocycles. The first-order valence-electron chi connectivity index (χ1n) is 21.5. The van der Waals surface area contributed by atoms with Crippen molar-refractivity contribution in [2.45, 2.75) is 19.3 Å². The Bertz CT molecular complexity index is 3350. The van der Waals surface area contributed by atoms with Crippen molar-refractivity contribution in [2.24, 2.45) is 0 Å². The van der Waals surface area contributed by atoms with Gasteiger partial charge in [-0.1, -0.05) is 159 Å². The van der Waals surface area contributed by atoms with E-state index in [2.05, 4.69) is 252 Å². The molecule has 0 fully saturated rings. The van der Waals surface area contributed by atoms with Crippen LogP contribution in [0, 0.1) is 0 Å². The summed E-state index contributed by atoms with van der Waals surface area (Å²) in [6.45, 7) is 4.78. The van der Waals surface area contributed by atoms with Gasteiger partial charge in [0.25, 0.3) is 0 Å². The van der Waals surface area contributed by atoms with Gasteiger partial charge >= 0.3 is 0 Å². The molecule has 1 aliphatic rings. The van der Waals surface area contributed by atoms with Crippen LogP contribution in [-0.2, 0) is 5.41 Å². The number of para-hydroxylation sites is 2. The Hall–Kier alpha value is -7.88. The van der Waals surface area contributed by atoms with Crippen molar-refractivity contribution in [1.82, 2.24) is 9.13 Å². The van der Waals surface area contributed by atoms with Gasteiger partial charge in [0.15, 0.2) is 0 Å². The first-order valence-corrected chi connectivity index (χ1v) is 21.5. The number of fused-ring (bicyclic) bond motifs is 8. The van der Waals surface area contributed by atoms with Gasteiger partial charge in [0, 0.05) is 55.6 Å². The highest BCUT2D eigenvalue weighted by molar-refractivity contribution is 6.15. The standard InChI is InChI=1S/C59H43N3/c1-59(2)53-24-14-12-23-50(53)58-57(59)52-38-51-49-22-13-15-25-54(49)61(55(51)39-56(52)62(58)44-20-10-5-11-21-44)48-36-34-47(35-37-48)60(45-30-26-42(27-31-45)40-16-6-3-7-17-40)46-32-28-43(29-33-46)41-18-8-4-9-19-41/h3-39H,1-2H3. The lowest BCUT2D eigenvalue weighted by Crippen LogP contribution is -2.14. The van der Waals surface area contributed by atoms with Crippen LogP contribution in [-0.4, -0.2) is 9.13 Å². The zero-order valence-corrected chi connectivity index (χ0v) is 34.7. The summed E-state index contributed by atoms with van der Waals surface area (Å²) in [5.74, 6) is 0. The van der Waals surface area contributed by atoms with Crippen molar-refractivity contribution in [1.29, 1.82) is 0 Å². The maximum absolute atomic E-state index is 2.51. The summed E-state index contributed by atoms with van der Waals surface area (Å²) in [4.78, 5) is 2.36. The van der Waals surface area contributed by atoms with E-state index in [-0.39, 0.29) is 5.41 Å². The van der Waals surface area contributed by atoms with Crippen molar-refractivity contribution in [3.8, 4) is 44.9 Å². The molecule has 0 saturated heterocycles. The monoisotopic (exact) mass is 793 g/mol. The first-order chi connectivity index (χ1) is 30.5. The van der Waals surface area contributed by atoms with Gasteiger partial charge in [0.1, 0.15) is 0 Å². The Labute approximate surface area is 362 Å². The summed E-state index contributed by atoms with van der Waals surface area (Å²) in [6, 6.07) is 81.8. The lowest BCUT2D eigenvalue weighted by molar-refractivity contribution is 0.666. The van der Waals surface area contributed by atoms with Crippen LogP contribution < -0.4 is 4.90 Å². The van der Waals surface area contributed by atoms with E-state index < -0.39 is 0 Å². The Morgan fingerprint density at radius 1 is 0.355 bits per heavy atom. The topological polar surface area (TPSA) is 13.1 Å². The van der Waals surface area contributed by atoms with E-state index in [4.69, 9.17) is 0 Å². The molecule has 0 atom stereocenters. The maximum Gasteiger partial charge on any atom is 0.0585 e. The molecule has 0 aliphatic heterocycles. The molecular weight excluding hydrogens is 751 g/mol. The minimum absolute atomic E-state index is 0.151. The second-order valence-electron chi connectivity index (χ2n) is 17.0. The molecule has 0 spiro atoms. The van der Waals surface area contributed by atoms with Crippen LogP contribution in [0.2, 0.25) is 0 Å². The molecule has 0 N–H and O–H groups in total. The average Bonchev–Trinajstić information content (AvgIpc) is 3.93. The van der Waals surface area contributed by atoms with E-state index in [0.29, 0.717) is 0 Å². The van der Waals surface area contributed by atoms with Crippen LogP contribution in [0.15, 0.2) is 224 Å². The van der Waals surface area contributed by atoms with Crippen molar-refractivity contribution in [2.75, 3.05) is 4.90 Å². The van der Waals surface area contributed by atoms with Crippen molar-refractivity contribution >= 4 is 49.8 Å². The second-order valence-corrected chi connectivity index (χ2v) is 17.0. The summed E-state index contributed by atoms with van der Waals surface area (Å²) >= 11 is 0. The van der Waals surface area contributed by atoms with Crippen molar-refractivity contribution < 1.29 is 0 Å². The Balaban J connectivity index is 1.02. The predicted octanol–water partition coefficient (Wildman–Crippen LogP) is 15.8. The lowest BCUT2D eigenvalue weighted by Gasteiger charge is -2.26. The molecule has 3 heteroatoms. The predicted molar refractivity (Wildman–Crippen MR) is 261 cm³/mol. The van der Waals surface area contributed by atoms with Gasteiger partial charge in [0.2, 0.25) is 0 Å². The van der Waals surface area contributed by atoms with Crippen LogP contribution in [0.1, 0.15) is 25.0 Å². The molecule has 1 aliphatic carbocycles. The van der Waals surface area contributed by atoms with E-state index in [1.807, 2.05) is 0 Å². The van der Waals surface area contributed by atoms with Gasteiger partial charge in [-0.15, -0.1) is 0 Å². The van der Waals surface area contributed by atoms with Crippen LogP contribution in [0.5, 0.6) is 0 Å².